The summed E-state index contributed by atoms with van der Waals surface area (Å²) in [7, 11) is 0. The number of ether oxygens (including phenoxy) is 3. The van der Waals surface area contributed by atoms with E-state index in [1.54, 1.807) is 6.26 Å². The molecule has 32 heavy (non-hydrogen) atoms. The summed E-state index contributed by atoms with van der Waals surface area (Å²) in [6, 6.07) is 23.6. The Morgan fingerprint density at radius 2 is 1.66 bits per heavy atom. The van der Waals surface area contributed by atoms with Crippen LogP contribution in [-0.2, 0) is 6.42 Å². The monoisotopic (exact) mass is 429 g/mol. The standard InChI is InChI=1S/C27H27NO4/c1-2-8-22-18-25(32-23-10-4-3-5-11-23)13-14-27(22)31-16-7-15-30-24-12-6-9-21(17-24)26-19-29-20-28-26/h3-6,9-14,17-20H,2,7-8,15-16H2,1H3. The number of para-hydroxylation sites is 1. The summed E-state index contributed by atoms with van der Waals surface area (Å²) in [6.45, 7) is 3.31. The quantitative estimate of drug-likeness (QED) is 0.242. The first kappa shape index (κ1) is 21.5. The Balaban J connectivity index is 1.28. The number of aryl methyl sites for hydroxylation is 1. The third kappa shape index (κ3) is 5.91. The lowest BCUT2D eigenvalue weighted by atomic mass is 10.1. The highest BCUT2D eigenvalue weighted by Crippen LogP contribution is 2.29. The summed E-state index contributed by atoms with van der Waals surface area (Å²) in [5.74, 6) is 3.36. The second kappa shape index (κ2) is 11.0. The summed E-state index contributed by atoms with van der Waals surface area (Å²) < 4.78 is 23.0. The molecule has 0 aliphatic heterocycles. The fourth-order valence-corrected chi connectivity index (χ4v) is 3.38. The Hall–Kier alpha value is -3.73. The van der Waals surface area contributed by atoms with E-state index >= 15 is 0 Å². The zero-order chi connectivity index (χ0) is 22.0. The normalized spacial score (nSPS) is 10.7. The number of oxazole rings is 1. The molecule has 5 nitrogen and oxygen atoms in total. The number of benzene rings is 3. The van der Waals surface area contributed by atoms with E-state index < -0.39 is 0 Å². The molecule has 1 aromatic heterocycles. The SMILES string of the molecule is CCCc1cc(Oc2ccccc2)ccc1OCCCOc1cccc(-c2cocn2)c1. The first-order valence-corrected chi connectivity index (χ1v) is 10.9. The molecule has 4 rings (SSSR count). The largest absolute Gasteiger partial charge is 0.493 e. The molecule has 0 N–H and O–H groups in total. The second-order valence-corrected chi connectivity index (χ2v) is 7.39. The lowest BCUT2D eigenvalue weighted by molar-refractivity contribution is 0.246. The van der Waals surface area contributed by atoms with E-state index in [1.807, 2.05) is 66.7 Å². The van der Waals surface area contributed by atoms with Gasteiger partial charge < -0.3 is 18.6 Å². The van der Waals surface area contributed by atoms with E-state index in [-0.39, 0.29) is 0 Å². The molecule has 3 aromatic carbocycles. The van der Waals surface area contributed by atoms with Crippen molar-refractivity contribution < 1.29 is 18.6 Å². The maximum absolute atomic E-state index is 6.06. The van der Waals surface area contributed by atoms with Crippen molar-refractivity contribution in [1.29, 1.82) is 0 Å². The van der Waals surface area contributed by atoms with Gasteiger partial charge in [-0.25, -0.2) is 4.98 Å². The molecule has 164 valence electrons. The second-order valence-electron chi connectivity index (χ2n) is 7.39. The fraction of sp³-hybridized carbons (Fsp3) is 0.222. The Bertz CT molecular complexity index is 1090. The molecule has 0 saturated heterocycles. The van der Waals surface area contributed by atoms with E-state index in [4.69, 9.17) is 18.6 Å². The molecule has 0 atom stereocenters. The van der Waals surface area contributed by atoms with Gasteiger partial charge in [-0.3, -0.25) is 0 Å². The van der Waals surface area contributed by atoms with Gasteiger partial charge in [-0.1, -0.05) is 43.7 Å². The van der Waals surface area contributed by atoms with Crippen LogP contribution in [0.1, 0.15) is 25.3 Å². The zero-order valence-corrected chi connectivity index (χ0v) is 18.2. The summed E-state index contributed by atoms with van der Waals surface area (Å²) in [6.07, 6.45) is 5.80. The maximum Gasteiger partial charge on any atom is 0.181 e. The van der Waals surface area contributed by atoms with Gasteiger partial charge in [0.05, 0.1) is 13.2 Å². The van der Waals surface area contributed by atoms with Crippen molar-refractivity contribution in [2.24, 2.45) is 0 Å². The molecular formula is C27H27NO4. The van der Waals surface area contributed by atoms with Crippen molar-refractivity contribution in [3.05, 3.63) is 91.0 Å². The molecular weight excluding hydrogens is 402 g/mol. The van der Waals surface area contributed by atoms with Crippen LogP contribution in [0, 0.1) is 0 Å². The van der Waals surface area contributed by atoms with Gasteiger partial charge in [0.1, 0.15) is 35.0 Å². The number of nitrogens with zero attached hydrogens (tertiary/aromatic N) is 1. The van der Waals surface area contributed by atoms with Gasteiger partial charge in [0, 0.05) is 12.0 Å². The lowest BCUT2D eigenvalue weighted by Crippen LogP contribution is -2.06. The van der Waals surface area contributed by atoms with Gasteiger partial charge in [-0.05, 0) is 54.4 Å². The van der Waals surface area contributed by atoms with Crippen LogP contribution in [0.25, 0.3) is 11.3 Å². The minimum atomic E-state index is 0.570. The summed E-state index contributed by atoms with van der Waals surface area (Å²) in [4.78, 5) is 4.17. The maximum atomic E-state index is 6.06. The Morgan fingerprint density at radius 3 is 2.47 bits per heavy atom. The number of hydrogen-bond acceptors (Lipinski definition) is 5. The molecule has 0 amide bonds. The van der Waals surface area contributed by atoms with Gasteiger partial charge in [0.15, 0.2) is 6.39 Å². The van der Waals surface area contributed by atoms with Gasteiger partial charge in [-0.2, -0.15) is 0 Å². The lowest BCUT2D eigenvalue weighted by Gasteiger charge is -2.14. The molecule has 1 heterocycles. The van der Waals surface area contributed by atoms with Crippen LogP contribution in [-0.4, -0.2) is 18.2 Å². The van der Waals surface area contributed by atoms with Gasteiger partial charge in [0.25, 0.3) is 0 Å². The van der Waals surface area contributed by atoms with E-state index in [1.165, 1.54) is 6.39 Å². The molecule has 4 aromatic rings. The zero-order valence-electron chi connectivity index (χ0n) is 18.2. The van der Waals surface area contributed by atoms with E-state index in [0.717, 1.165) is 59.1 Å². The minimum absolute atomic E-state index is 0.570. The molecule has 0 unspecified atom stereocenters. The van der Waals surface area contributed by atoms with E-state index in [9.17, 15) is 0 Å². The number of rotatable bonds is 11. The van der Waals surface area contributed by atoms with Crippen LogP contribution < -0.4 is 14.2 Å². The highest BCUT2D eigenvalue weighted by molar-refractivity contribution is 5.59. The number of aromatic nitrogens is 1. The third-order valence-electron chi connectivity index (χ3n) is 4.91. The van der Waals surface area contributed by atoms with Crippen molar-refractivity contribution >= 4 is 0 Å². The predicted molar refractivity (Wildman–Crippen MR) is 124 cm³/mol. The molecule has 0 radical (unpaired) electrons. The van der Waals surface area contributed by atoms with E-state index in [0.29, 0.717) is 13.2 Å². The smallest absolute Gasteiger partial charge is 0.181 e. The average molecular weight is 430 g/mol. The van der Waals surface area contributed by atoms with Gasteiger partial charge in [0.2, 0.25) is 0 Å². The van der Waals surface area contributed by atoms with Crippen LogP contribution >= 0.6 is 0 Å². The van der Waals surface area contributed by atoms with E-state index in [2.05, 4.69) is 18.0 Å². The molecule has 0 bridgehead atoms. The molecule has 0 spiro atoms. The molecule has 0 saturated carbocycles. The highest BCUT2D eigenvalue weighted by atomic mass is 16.5. The fourth-order valence-electron chi connectivity index (χ4n) is 3.38. The summed E-state index contributed by atoms with van der Waals surface area (Å²) >= 11 is 0. The molecule has 0 fully saturated rings. The van der Waals surface area contributed by atoms with Crippen molar-refractivity contribution in [3.8, 4) is 34.3 Å². The van der Waals surface area contributed by atoms with Crippen LogP contribution in [0.5, 0.6) is 23.0 Å². The van der Waals surface area contributed by atoms with Crippen LogP contribution in [0.15, 0.2) is 89.9 Å². The first-order valence-electron chi connectivity index (χ1n) is 10.9. The van der Waals surface area contributed by atoms with Crippen molar-refractivity contribution in [1.82, 2.24) is 4.98 Å². The summed E-state index contributed by atoms with van der Waals surface area (Å²) in [5, 5.41) is 0. The summed E-state index contributed by atoms with van der Waals surface area (Å²) in [5.41, 5.74) is 2.92. The minimum Gasteiger partial charge on any atom is -0.493 e. The van der Waals surface area contributed by atoms with Crippen LogP contribution in [0.4, 0.5) is 0 Å². The highest BCUT2D eigenvalue weighted by Gasteiger charge is 2.07. The Morgan fingerprint density at radius 1 is 0.812 bits per heavy atom. The average Bonchev–Trinajstić information content (AvgIpc) is 3.36. The van der Waals surface area contributed by atoms with Gasteiger partial charge >= 0.3 is 0 Å². The molecule has 0 aliphatic rings. The van der Waals surface area contributed by atoms with Crippen LogP contribution in [0.3, 0.4) is 0 Å². The van der Waals surface area contributed by atoms with Gasteiger partial charge in [-0.15, -0.1) is 0 Å². The predicted octanol–water partition coefficient (Wildman–Crippen LogP) is 6.93. The molecule has 0 aliphatic carbocycles. The van der Waals surface area contributed by atoms with Crippen molar-refractivity contribution in [2.75, 3.05) is 13.2 Å². The molecule has 5 heteroatoms. The first-order chi connectivity index (χ1) is 15.8. The Kier molecular flexibility index (Phi) is 7.42. The third-order valence-corrected chi connectivity index (χ3v) is 4.91. The van der Waals surface area contributed by atoms with Crippen LogP contribution in [0.2, 0.25) is 0 Å². The van der Waals surface area contributed by atoms with Crippen molar-refractivity contribution in [3.63, 3.8) is 0 Å². The Labute approximate surface area is 188 Å². The number of hydrogen-bond donors (Lipinski definition) is 0. The van der Waals surface area contributed by atoms with Crippen molar-refractivity contribution in [2.45, 2.75) is 26.2 Å². The topological polar surface area (TPSA) is 53.7 Å².